The highest BCUT2D eigenvalue weighted by Crippen LogP contribution is 2.13. The summed E-state index contributed by atoms with van der Waals surface area (Å²) in [6.07, 6.45) is 4.87. The predicted octanol–water partition coefficient (Wildman–Crippen LogP) is 3.68. The van der Waals surface area contributed by atoms with Gasteiger partial charge in [0.15, 0.2) is 0 Å². The van der Waals surface area contributed by atoms with Gasteiger partial charge >= 0.3 is 0 Å². The Morgan fingerprint density at radius 3 is 2.22 bits per heavy atom. The number of rotatable bonds is 7. The molecule has 23 heavy (non-hydrogen) atoms. The number of allylic oxidation sites excluding steroid dienone is 2. The minimum Gasteiger partial charge on any atom is -0.401 e. The summed E-state index contributed by atoms with van der Waals surface area (Å²) < 4.78 is 0. The van der Waals surface area contributed by atoms with Crippen LogP contribution < -0.4 is 17.2 Å². The number of aliphatic imine (C=N–C) groups is 1. The Morgan fingerprint density at radius 1 is 1.13 bits per heavy atom. The minimum absolute atomic E-state index is 0.294. The van der Waals surface area contributed by atoms with Crippen LogP contribution in [0.3, 0.4) is 0 Å². The van der Waals surface area contributed by atoms with E-state index in [0.29, 0.717) is 23.6 Å². The van der Waals surface area contributed by atoms with Crippen LogP contribution in [0.2, 0.25) is 0 Å². The summed E-state index contributed by atoms with van der Waals surface area (Å²) in [6.45, 7) is 8.28. The molecular formula is C19H32N4. The topological polar surface area (TPSA) is 90.4 Å². The maximum atomic E-state index is 5.93. The maximum absolute atomic E-state index is 5.93. The van der Waals surface area contributed by atoms with Crippen LogP contribution >= 0.6 is 0 Å². The third kappa shape index (κ3) is 8.21. The van der Waals surface area contributed by atoms with Crippen molar-refractivity contribution in [1.82, 2.24) is 0 Å². The van der Waals surface area contributed by atoms with Crippen molar-refractivity contribution >= 4 is 5.71 Å². The number of hydrogen-bond donors (Lipinski definition) is 3. The number of nitrogens with two attached hydrogens (primary N) is 3. The predicted molar refractivity (Wildman–Crippen MR) is 102 cm³/mol. The first-order valence-corrected chi connectivity index (χ1v) is 8.34. The van der Waals surface area contributed by atoms with Gasteiger partial charge in [0, 0.05) is 23.7 Å². The van der Waals surface area contributed by atoms with Gasteiger partial charge in [0.05, 0.1) is 5.70 Å². The third-order valence-corrected chi connectivity index (χ3v) is 3.09. The van der Waals surface area contributed by atoms with E-state index in [9.17, 15) is 0 Å². The van der Waals surface area contributed by atoms with Crippen LogP contribution in [0.4, 0.5) is 0 Å². The summed E-state index contributed by atoms with van der Waals surface area (Å²) in [5.74, 6) is 0. The second-order valence-electron chi connectivity index (χ2n) is 5.02. The molecule has 0 aliphatic rings. The molecule has 4 nitrogen and oxygen atoms in total. The molecule has 0 aliphatic heterocycles. The summed E-state index contributed by atoms with van der Waals surface area (Å²) in [4.78, 5) is 4.73. The van der Waals surface area contributed by atoms with Crippen LogP contribution in [-0.2, 0) is 0 Å². The van der Waals surface area contributed by atoms with Gasteiger partial charge in [0.2, 0.25) is 0 Å². The molecule has 1 aromatic carbocycles. The fraction of sp³-hybridized carbons (Fsp3) is 0.421. The molecule has 0 aliphatic carbocycles. The first kappa shape index (κ1) is 20.9. The summed E-state index contributed by atoms with van der Waals surface area (Å²) in [5.41, 5.74) is 21.3. The van der Waals surface area contributed by atoms with E-state index in [1.54, 1.807) is 6.08 Å². The Balaban J connectivity index is 0.00000232. The molecule has 1 aromatic rings. The molecule has 0 amide bonds. The average Bonchev–Trinajstić information content (AvgIpc) is 2.59. The van der Waals surface area contributed by atoms with Gasteiger partial charge in [-0.2, -0.15) is 0 Å². The number of hydrogen-bond acceptors (Lipinski definition) is 4. The highest BCUT2D eigenvalue weighted by Gasteiger charge is 2.05. The molecule has 0 spiro atoms. The van der Waals surface area contributed by atoms with Gasteiger partial charge in [-0.1, -0.05) is 57.5 Å². The van der Waals surface area contributed by atoms with E-state index >= 15 is 0 Å². The largest absolute Gasteiger partial charge is 0.401 e. The SMILES string of the molecule is CC.CCCCC(=NC(/C=C(\N)CN)=C(\C)N)c1ccccc1. The fourth-order valence-corrected chi connectivity index (χ4v) is 1.85. The second-order valence-corrected chi connectivity index (χ2v) is 5.02. The van der Waals surface area contributed by atoms with E-state index in [-0.39, 0.29) is 0 Å². The molecular weight excluding hydrogens is 284 g/mol. The van der Waals surface area contributed by atoms with Crippen LogP contribution in [0.25, 0.3) is 0 Å². The van der Waals surface area contributed by atoms with Crippen molar-refractivity contribution in [3.05, 3.63) is 59.1 Å². The highest BCUT2D eigenvalue weighted by molar-refractivity contribution is 6.01. The molecule has 0 bridgehead atoms. The minimum atomic E-state index is 0.294. The molecule has 0 saturated carbocycles. The Bertz CT molecular complexity index is 524. The molecule has 0 fully saturated rings. The molecule has 128 valence electrons. The first-order chi connectivity index (χ1) is 11.1. The lowest BCUT2D eigenvalue weighted by atomic mass is 10.0. The van der Waals surface area contributed by atoms with Crippen LogP contribution in [-0.4, -0.2) is 12.3 Å². The maximum Gasteiger partial charge on any atom is 0.0834 e. The van der Waals surface area contributed by atoms with Gasteiger partial charge < -0.3 is 17.2 Å². The average molecular weight is 316 g/mol. The van der Waals surface area contributed by atoms with Gasteiger partial charge in [-0.3, -0.25) is 4.99 Å². The van der Waals surface area contributed by atoms with Crippen LogP contribution in [0.15, 0.2) is 58.5 Å². The Labute approximate surface area is 141 Å². The van der Waals surface area contributed by atoms with Crippen molar-refractivity contribution in [2.24, 2.45) is 22.2 Å². The fourth-order valence-electron chi connectivity index (χ4n) is 1.85. The lowest BCUT2D eigenvalue weighted by Gasteiger charge is -2.09. The number of benzene rings is 1. The number of nitrogens with zero attached hydrogens (tertiary/aromatic N) is 1. The zero-order valence-electron chi connectivity index (χ0n) is 15.0. The monoisotopic (exact) mass is 316 g/mol. The molecule has 0 saturated heterocycles. The van der Waals surface area contributed by atoms with E-state index in [0.717, 1.165) is 30.5 Å². The first-order valence-electron chi connectivity index (χ1n) is 8.34. The zero-order chi connectivity index (χ0) is 17.7. The smallest absolute Gasteiger partial charge is 0.0834 e. The van der Waals surface area contributed by atoms with Gasteiger partial charge in [0.25, 0.3) is 0 Å². The van der Waals surface area contributed by atoms with E-state index in [1.165, 1.54) is 0 Å². The second kappa shape index (κ2) is 12.5. The molecule has 0 heterocycles. The van der Waals surface area contributed by atoms with Gasteiger partial charge in [-0.15, -0.1) is 0 Å². The van der Waals surface area contributed by atoms with Crippen LogP contribution in [0.1, 0.15) is 52.5 Å². The zero-order valence-corrected chi connectivity index (χ0v) is 15.0. The van der Waals surface area contributed by atoms with Crippen LogP contribution in [0.5, 0.6) is 0 Å². The van der Waals surface area contributed by atoms with E-state index < -0.39 is 0 Å². The Morgan fingerprint density at radius 2 is 1.74 bits per heavy atom. The molecule has 4 heteroatoms. The van der Waals surface area contributed by atoms with E-state index in [4.69, 9.17) is 22.2 Å². The normalized spacial score (nSPS) is 13.1. The van der Waals surface area contributed by atoms with Crippen molar-refractivity contribution < 1.29 is 0 Å². The lowest BCUT2D eigenvalue weighted by Crippen LogP contribution is -2.12. The van der Waals surface area contributed by atoms with E-state index in [1.807, 2.05) is 39.0 Å². The summed E-state index contributed by atoms with van der Waals surface area (Å²) >= 11 is 0. The van der Waals surface area contributed by atoms with Crippen molar-refractivity contribution in [2.75, 3.05) is 6.54 Å². The third-order valence-electron chi connectivity index (χ3n) is 3.09. The summed E-state index contributed by atoms with van der Waals surface area (Å²) in [5, 5.41) is 0. The summed E-state index contributed by atoms with van der Waals surface area (Å²) in [6, 6.07) is 10.2. The summed E-state index contributed by atoms with van der Waals surface area (Å²) in [7, 11) is 0. The lowest BCUT2D eigenvalue weighted by molar-refractivity contribution is 0.834. The number of unbranched alkanes of at least 4 members (excludes halogenated alkanes) is 1. The molecule has 0 atom stereocenters. The van der Waals surface area contributed by atoms with Gasteiger partial charge in [-0.25, -0.2) is 0 Å². The molecule has 0 radical (unpaired) electrons. The molecule has 1 rings (SSSR count). The molecule has 0 unspecified atom stereocenters. The van der Waals surface area contributed by atoms with E-state index in [2.05, 4.69) is 19.1 Å². The molecule has 6 N–H and O–H groups in total. The standard InChI is InChI=1S/C17H26N4.C2H6/c1-3-4-10-16(14-8-6-5-7-9-14)21-17(13(2)19)11-15(20)12-18;1-2/h5-9,11H,3-4,10,12,18-20H2,1-2H3;1-2H3/b15-11-,17-13+,21-16?;. The van der Waals surface area contributed by atoms with Crippen molar-refractivity contribution in [3.8, 4) is 0 Å². The Kier molecular flexibility index (Phi) is 11.3. The van der Waals surface area contributed by atoms with Crippen molar-refractivity contribution in [1.29, 1.82) is 0 Å². The van der Waals surface area contributed by atoms with Gasteiger partial charge in [-0.05, 0) is 31.4 Å². The Hall–Kier alpha value is -2.07. The van der Waals surface area contributed by atoms with Crippen molar-refractivity contribution in [2.45, 2.75) is 47.0 Å². The molecule has 0 aromatic heterocycles. The van der Waals surface area contributed by atoms with Crippen molar-refractivity contribution in [3.63, 3.8) is 0 Å². The van der Waals surface area contributed by atoms with Gasteiger partial charge in [0.1, 0.15) is 0 Å². The van der Waals surface area contributed by atoms with Crippen LogP contribution in [0, 0.1) is 0 Å². The quantitative estimate of drug-likeness (QED) is 0.529. The highest BCUT2D eigenvalue weighted by atomic mass is 14.8.